The Morgan fingerprint density at radius 2 is 2.43 bits per heavy atom. The van der Waals surface area contributed by atoms with Crippen LogP contribution in [0.5, 0.6) is 5.75 Å². The van der Waals surface area contributed by atoms with Crippen LogP contribution in [-0.2, 0) is 11.2 Å². The Bertz CT molecular complexity index is 762. The summed E-state index contributed by atoms with van der Waals surface area (Å²) in [6.07, 6.45) is 3.91. The normalized spacial score (nSPS) is 18.8. The topological polar surface area (TPSA) is 95.1 Å². The van der Waals surface area contributed by atoms with Crippen molar-refractivity contribution in [3.05, 3.63) is 30.0 Å². The summed E-state index contributed by atoms with van der Waals surface area (Å²) in [5.74, 6) is 0.619. The van der Waals surface area contributed by atoms with E-state index in [2.05, 4.69) is 11.1 Å². The van der Waals surface area contributed by atoms with E-state index in [0.717, 1.165) is 35.1 Å². The quantitative estimate of drug-likeness (QED) is 0.895. The van der Waals surface area contributed by atoms with Crippen LogP contribution in [0.4, 0.5) is 0 Å². The maximum Gasteiger partial charge on any atom is 0.240 e. The molecule has 120 valence electrons. The minimum Gasteiger partial charge on any atom is -0.497 e. The zero-order valence-corrected chi connectivity index (χ0v) is 13.1. The van der Waals surface area contributed by atoms with Gasteiger partial charge in [-0.25, -0.2) is 0 Å². The highest BCUT2D eigenvalue weighted by molar-refractivity contribution is 5.87. The van der Waals surface area contributed by atoms with Gasteiger partial charge in [0.15, 0.2) is 0 Å². The van der Waals surface area contributed by atoms with Crippen LogP contribution < -0.4 is 10.5 Å². The summed E-state index contributed by atoms with van der Waals surface area (Å²) in [5, 5.41) is 10.1. The molecule has 6 nitrogen and oxygen atoms in total. The lowest BCUT2D eigenvalue weighted by molar-refractivity contribution is -0.132. The molecular weight excluding hydrogens is 292 g/mol. The first-order valence-electron chi connectivity index (χ1n) is 7.73. The summed E-state index contributed by atoms with van der Waals surface area (Å²) in [4.78, 5) is 17.3. The first-order valence-corrected chi connectivity index (χ1v) is 7.73. The van der Waals surface area contributed by atoms with E-state index in [1.807, 2.05) is 24.4 Å². The number of rotatable bonds is 4. The first-order chi connectivity index (χ1) is 11.1. The van der Waals surface area contributed by atoms with Crippen LogP contribution in [0.15, 0.2) is 24.4 Å². The highest BCUT2D eigenvalue weighted by Gasteiger charge is 2.31. The van der Waals surface area contributed by atoms with E-state index >= 15 is 0 Å². The molecule has 0 saturated carbocycles. The maximum atomic E-state index is 12.5. The Labute approximate surface area is 134 Å². The molecule has 23 heavy (non-hydrogen) atoms. The van der Waals surface area contributed by atoms with Crippen molar-refractivity contribution in [1.82, 2.24) is 9.88 Å². The molecule has 3 N–H and O–H groups in total. The number of ether oxygens (including phenoxy) is 1. The number of H-pyrrole nitrogens is 1. The number of hydrogen-bond donors (Lipinski definition) is 2. The molecule has 0 bridgehead atoms. The average molecular weight is 312 g/mol. The molecule has 6 heteroatoms. The predicted octanol–water partition coefficient (Wildman–Crippen LogP) is 1.56. The minimum absolute atomic E-state index is 0.147. The van der Waals surface area contributed by atoms with Gasteiger partial charge in [0.05, 0.1) is 19.2 Å². The molecule has 1 aliphatic rings. The number of amides is 1. The third-order valence-corrected chi connectivity index (χ3v) is 4.42. The third-order valence-electron chi connectivity index (χ3n) is 4.42. The van der Waals surface area contributed by atoms with Crippen LogP contribution in [0.25, 0.3) is 10.9 Å². The summed E-state index contributed by atoms with van der Waals surface area (Å²) in [6, 6.07) is 6.96. The zero-order chi connectivity index (χ0) is 16.4. The van der Waals surface area contributed by atoms with Crippen molar-refractivity contribution in [3.63, 3.8) is 0 Å². The number of likely N-dealkylation sites (tertiary alicyclic amines) is 1. The van der Waals surface area contributed by atoms with E-state index in [1.54, 1.807) is 12.0 Å². The number of nitrogens with one attached hydrogen (secondary N) is 1. The summed E-state index contributed by atoms with van der Waals surface area (Å²) in [7, 11) is 1.62. The second kappa shape index (κ2) is 6.31. The lowest BCUT2D eigenvalue weighted by atomic mass is 10.0. The fourth-order valence-electron chi connectivity index (χ4n) is 3.16. The van der Waals surface area contributed by atoms with Gasteiger partial charge in [0.2, 0.25) is 5.91 Å². The standard InChI is InChI=1S/C17H20N4O2/c1-23-13-4-5-16-14(8-13)11(10-20-16)7-15(19)17(22)21-6-2-3-12(21)9-18/h4-5,8,10,12,15,20H,2-3,6-7,19H2,1H3/t12-,15?/m0/s1. The number of carbonyl (C=O) groups is 1. The number of fused-ring (bicyclic) bond motifs is 1. The fraction of sp³-hybridized carbons (Fsp3) is 0.412. The van der Waals surface area contributed by atoms with Crippen LogP contribution in [0.1, 0.15) is 18.4 Å². The molecule has 1 saturated heterocycles. The van der Waals surface area contributed by atoms with E-state index in [-0.39, 0.29) is 11.9 Å². The molecule has 2 heterocycles. The number of methoxy groups -OCH3 is 1. The molecule has 1 amide bonds. The molecule has 1 aromatic carbocycles. The lowest BCUT2D eigenvalue weighted by Gasteiger charge is -2.23. The molecule has 1 unspecified atom stereocenters. The molecule has 3 rings (SSSR count). The molecule has 0 aliphatic carbocycles. The van der Waals surface area contributed by atoms with Crippen molar-refractivity contribution >= 4 is 16.8 Å². The molecule has 2 atom stereocenters. The molecule has 2 aromatic rings. The number of nitrogens with two attached hydrogens (primary N) is 1. The maximum absolute atomic E-state index is 12.5. The Morgan fingerprint density at radius 3 is 3.17 bits per heavy atom. The van der Waals surface area contributed by atoms with Gasteiger partial charge in [0.1, 0.15) is 11.8 Å². The van der Waals surface area contributed by atoms with Gasteiger partial charge >= 0.3 is 0 Å². The minimum atomic E-state index is -0.644. The van der Waals surface area contributed by atoms with Gasteiger partial charge < -0.3 is 20.4 Å². The van der Waals surface area contributed by atoms with E-state index in [4.69, 9.17) is 15.7 Å². The Kier molecular flexibility index (Phi) is 4.22. The number of aromatic amines is 1. The molecule has 0 radical (unpaired) electrons. The number of nitriles is 1. The van der Waals surface area contributed by atoms with E-state index in [1.165, 1.54) is 0 Å². The average Bonchev–Trinajstić information content (AvgIpc) is 3.20. The number of hydrogen-bond acceptors (Lipinski definition) is 4. The molecule has 0 spiro atoms. The highest BCUT2D eigenvalue weighted by Crippen LogP contribution is 2.25. The highest BCUT2D eigenvalue weighted by atomic mass is 16.5. The first kappa shape index (κ1) is 15.4. The van der Waals surface area contributed by atoms with Crippen molar-refractivity contribution < 1.29 is 9.53 Å². The number of carbonyl (C=O) groups excluding carboxylic acids is 1. The summed E-state index contributed by atoms with van der Waals surface area (Å²) >= 11 is 0. The molecule has 1 fully saturated rings. The Hall–Kier alpha value is -2.52. The van der Waals surface area contributed by atoms with Gasteiger partial charge in [0, 0.05) is 23.6 Å². The molecule has 1 aromatic heterocycles. The summed E-state index contributed by atoms with van der Waals surface area (Å²) in [6.45, 7) is 0.618. The van der Waals surface area contributed by atoms with E-state index < -0.39 is 6.04 Å². The zero-order valence-electron chi connectivity index (χ0n) is 13.1. The van der Waals surface area contributed by atoms with E-state index in [0.29, 0.717) is 13.0 Å². The third kappa shape index (κ3) is 2.88. The van der Waals surface area contributed by atoms with Gasteiger partial charge in [-0.2, -0.15) is 5.26 Å². The number of nitrogens with zero attached hydrogens (tertiary/aromatic N) is 2. The van der Waals surface area contributed by atoms with Crippen LogP contribution in [0, 0.1) is 11.3 Å². The van der Waals surface area contributed by atoms with Crippen molar-refractivity contribution in [2.75, 3.05) is 13.7 Å². The monoisotopic (exact) mass is 312 g/mol. The van der Waals surface area contributed by atoms with Gasteiger partial charge in [-0.05, 0) is 43.0 Å². The predicted molar refractivity (Wildman–Crippen MR) is 86.9 cm³/mol. The Morgan fingerprint density at radius 1 is 1.61 bits per heavy atom. The van der Waals surface area contributed by atoms with Crippen LogP contribution in [0.3, 0.4) is 0 Å². The van der Waals surface area contributed by atoms with Crippen LogP contribution in [-0.4, -0.2) is 41.5 Å². The van der Waals surface area contributed by atoms with Crippen molar-refractivity contribution in [3.8, 4) is 11.8 Å². The van der Waals surface area contributed by atoms with Crippen LogP contribution in [0.2, 0.25) is 0 Å². The van der Waals surface area contributed by atoms with Crippen molar-refractivity contribution in [2.45, 2.75) is 31.3 Å². The second-order valence-electron chi connectivity index (χ2n) is 5.85. The van der Waals surface area contributed by atoms with Gasteiger partial charge in [-0.1, -0.05) is 0 Å². The summed E-state index contributed by atoms with van der Waals surface area (Å²) < 4.78 is 5.25. The number of aromatic nitrogens is 1. The van der Waals surface area contributed by atoms with Crippen molar-refractivity contribution in [2.24, 2.45) is 5.73 Å². The molecule has 1 aliphatic heterocycles. The van der Waals surface area contributed by atoms with Gasteiger partial charge in [0.25, 0.3) is 0 Å². The van der Waals surface area contributed by atoms with Gasteiger partial charge in [-0.3, -0.25) is 4.79 Å². The fourth-order valence-corrected chi connectivity index (χ4v) is 3.16. The largest absolute Gasteiger partial charge is 0.497 e. The SMILES string of the molecule is COc1ccc2[nH]cc(CC(N)C(=O)N3CCC[C@H]3C#N)c2c1. The number of benzene rings is 1. The second-order valence-corrected chi connectivity index (χ2v) is 5.85. The molecular formula is C17H20N4O2. The van der Waals surface area contributed by atoms with Crippen LogP contribution >= 0.6 is 0 Å². The lowest BCUT2D eigenvalue weighted by Crippen LogP contribution is -2.46. The van der Waals surface area contributed by atoms with Crippen molar-refractivity contribution in [1.29, 1.82) is 5.26 Å². The van der Waals surface area contributed by atoms with E-state index in [9.17, 15) is 4.79 Å². The smallest absolute Gasteiger partial charge is 0.240 e. The summed E-state index contributed by atoms with van der Waals surface area (Å²) in [5.41, 5.74) is 8.08. The Balaban J connectivity index is 1.79. The van der Waals surface area contributed by atoms with Gasteiger partial charge in [-0.15, -0.1) is 0 Å².